The van der Waals surface area contributed by atoms with E-state index in [1.165, 1.54) is 11.1 Å². The Morgan fingerprint density at radius 3 is 2.10 bits per heavy atom. The quantitative estimate of drug-likeness (QED) is 0.372. The van der Waals surface area contributed by atoms with E-state index in [9.17, 15) is 0 Å². The lowest BCUT2D eigenvalue weighted by atomic mass is 9.90. The van der Waals surface area contributed by atoms with Crippen molar-refractivity contribution < 1.29 is 4.52 Å². The number of hydrogen-bond donors (Lipinski definition) is 0. The first-order valence-electron chi connectivity index (χ1n) is 9.82. The van der Waals surface area contributed by atoms with E-state index >= 15 is 0 Å². The summed E-state index contributed by atoms with van der Waals surface area (Å²) in [6.07, 6.45) is 0. The van der Waals surface area contributed by atoms with Gasteiger partial charge in [0.2, 0.25) is 0 Å². The summed E-state index contributed by atoms with van der Waals surface area (Å²) in [4.78, 5) is 7.05. The lowest BCUT2D eigenvalue weighted by Crippen LogP contribution is -2.47. The minimum atomic E-state index is 0.209. The summed E-state index contributed by atoms with van der Waals surface area (Å²) in [5, 5.41) is 5.29. The molecule has 6 heteroatoms. The predicted octanol–water partition coefficient (Wildman–Crippen LogP) is 6.23. The highest BCUT2D eigenvalue weighted by atomic mass is 35.5. The van der Waals surface area contributed by atoms with Crippen molar-refractivity contribution in [1.29, 1.82) is 0 Å². The van der Waals surface area contributed by atoms with Gasteiger partial charge in [0, 0.05) is 24.0 Å². The second kappa shape index (κ2) is 8.23. The van der Waals surface area contributed by atoms with Gasteiger partial charge in [0.1, 0.15) is 0 Å². The van der Waals surface area contributed by atoms with Gasteiger partial charge in [-0.05, 0) is 29.3 Å². The number of nitrogens with zero attached hydrogens (tertiary/aromatic N) is 3. The molecular weight excluding hydrogens is 417 g/mol. The van der Waals surface area contributed by atoms with Crippen LogP contribution in [0.25, 0.3) is 11.5 Å². The summed E-state index contributed by atoms with van der Waals surface area (Å²) in [5.41, 5.74) is 3.26. The fourth-order valence-electron chi connectivity index (χ4n) is 3.94. The van der Waals surface area contributed by atoms with Crippen LogP contribution in [0, 0.1) is 0 Å². The number of hydrogen-bond acceptors (Lipinski definition) is 4. The van der Waals surface area contributed by atoms with Gasteiger partial charge in [-0.15, -0.1) is 0 Å². The Hall–Kier alpha value is -2.66. The molecule has 0 spiro atoms. The first-order valence-corrected chi connectivity index (χ1v) is 10.6. The van der Waals surface area contributed by atoms with Crippen LogP contribution in [0.2, 0.25) is 10.0 Å². The molecule has 0 N–H and O–H groups in total. The molecule has 0 bridgehead atoms. The Labute approximate surface area is 185 Å². The van der Waals surface area contributed by atoms with Crippen molar-refractivity contribution in [3.63, 3.8) is 0 Å². The first-order chi connectivity index (χ1) is 14.7. The molecule has 0 amide bonds. The maximum absolute atomic E-state index is 6.28. The molecule has 150 valence electrons. The zero-order chi connectivity index (χ0) is 20.5. The number of aromatic nitrogens is 2. The van der Waals surface area contributed by atoms with Crippen molar-refractivity contribution >= 4 is 23.2 Å². The summed E-state index contributed by atoms with van der Waals surface area (Å²) in [6.45, 7) is 1.73. The zero-order valence-electron chi connectivity index (χ0n) is 16.1. The van der Waals surface area contributed by atoms with Crippen LogP contribution in [0.4, 0.5) is 0 Å². The Kier molecular flexibility index (Phi) is 5.30. The Morgan fingerprint density at radius 2 is 1.50 bits per heavy atom. The molecular formula is C24H19Cl2N3O. The molecule has 1 aliphatic heterocycles. The first kappa shape index (κ1) is 19.3. The lowest BCUT2D eigenvalue weighted by molar-refractivity contribution is 0.105. The van der Waals surface area contributed by atoms with E-state index < -0.39 is 0 Å². The van der Waals surface area contributed by atoms with Crippen LogP contribution in [-0.2, 0) is 0 Å². The van der Waals surface area contributed by atoms with E-state index in [1.807, 2.05) is 12.1 Å². The molecule has 0 saturated carbocycles. The molecule has 30 heavy (non-hydrogen) atoms. The van der Waals surface area contributed by atoms with Crippen LogP contribution in [-0.4, -0.2) is 28.1 Å². The van der Waals surface area contributed by atoms with Gasteiger partial charge in [-0.25, -0.2) is 0 Å². The van der Waals surface area contributed by atoms with Gasteiger partial charge in [0.15, 0.2) is 5.82 Å². The summed E-state index contributed by atoms with van der Waals surface area (Å²) in [7, 11) is 0. The van der Waals surface area contributed by atoms with Crippen LogP contribution in [0.1, 0.15) is 28.9 Å². The topological polar surface area (TPSA) is 42.2 Å². The average Bonchev–Trinajstić information content (AvgIpc) is 3.20. The third kappa shape index (κ3) is 3.74. The fraction of sp³-hybridized carbons (Fsp3) is 0.167. The summed E-state index contributed by atoms with van der Waals surface area (Å²) in [6, 6.07) is 26.6. The van der Waals surface area contributed by atoms with Crippen LogP contribution in [0.5, 0.6) is 0 Å². The minimum Gasteiger partial charge on any atom is -0.334 e. The van der Waals surface area contributed by atoms with Crippen LogP contribution in [0.3, 0.4) is 0 Å². The van der Waals surface area contributed by atoms with Crippen molar-refractivity contribution in [3.8, 4) is 11.5 Å². The monoisotopic (exact) mass is 435 g/mol. The van der Waals surface area contributed by atoms with Crippen LogP contribution >= 0.6 is 23.2 Å². The van der Waals surface area contributed by atoms with Crippen molar-refractivity contribution in [2.75, 3.05) is 13.1 Å². The minimum absolute atomic E-state index is 0.209. The maximum atomic E-state index is 6.28. The van der Waals surface area contributed by atoms with Crippen LogP contribution in [0.15, 0.2) is 83.4 Å². The molecule has 0 aliphatic carbocycles. The highest BCUT2D eigenvalue weighted by Gasteiger charge is 2.37. The molecule has 2 heterocycles. The molecule has 0 atom stereocenters. The van der Waals surface area contributed by atoms with Gasteiger partial charge in [-0.1, -0.05) is 89.0 Å². The van der Waals surface area contributed by atoms with E-state index in [0.717, 1.165) is 13.1 Å². The van der Waals surface area contributed by atoms with E-state index in [1.54, 1.807) is 18.2 Å². The summed E-state index contributed by atoms with van der Waals surface area (Å²) >= 11 is 12.3. The van der Waals surface area contributed by atoms with Gasteiger partial charge in [0.25, 0.3) is 5.89 Å². The highest BCUT2D eigenvalue weighted by Crippen LogP contribution is 2.38. The third-order valence-corrected chi connectivity index (χ3v) is 6.02. The molecule has 1 aromatic heterocycles. The highest BCUT2D eigenvalue weighted by molar-refractivity contribution is 6.36. The molecule has 1 fully saturated rings. The van der Waals surface area contributed by atoms with Gasteiger partial charge >= 0.3 is 0 Å². The van der Waals surface area contributed by atoms with Gasteiger partial charge in [-0.2, -0.15) is 4.98 Å². The summed E-state index contributed by atoms with van der Waals surface area (Å²) in [5.74, 6) is 1.36. The van der Waals surface area contributed by atoms with Gasteiger partial charge < -0.3 is 4.52 Å². The van der Waals surface area contributed by atoms with E-state index in [0.29, 0.717) is 27.3 Å². The van der Waals surface area contributed by atoms with Crippen molar-refractivity contribution in [2.45, 2.75) is 12.0 Å². The Bertz CT molecular complexity index is 1100. The molecule has 3 aromatic carbocycles. The van der Waals surface area contributed by atoms with Crippen molar-refractivity contribution in [3.05, 3.63) is 106 Å². The van der Waals surface area contributed by atoms with Crippen molar-refractivity contribution in [2.24, 2.45) is 0 Å². The SMILES string of the molecule is Clc1ccc(-c2nc(C3CN(C(c4ccccc4)c4ccccc4)C3)no2)c(Cl)c1. The van der Waals surface area contributed by atoms with E-state index in [2.05, 4.69) is 63.6 Å². The second-order valence-electron chi connectivity index (χ2n) is 7.46. The van der Waals surface area contributed by atoms with E-state index in [-0.39, 0.29) is 12.0 Å². The predicted molar refractivity (Wildman–Crippen MR) is 119 cm³/mol. The fourth-order valence-corrected chi connectivity index (χ4v) is 4.43. The molecule has 5 rings (SSSR count). The maximum Gasteiger partial charge on any atom is 0.259 e. The Balaban J connectivity index is 1.35. The standard InChI is InChI=1S/C24H19Cl2N3O/c25-19-11-12-20(21(26)13-19)24-27-23(28-30-24)18-14-29(15-18)22(16-7-3-1-4-8-16)17-9-5-2-6-10-17/h1-13,18,22H,14-15H2. The Morgan fingerprint density at radius 1 is 0.867 bits per heavy atom. The molecule has 0 radical (unpaired) electrons. The molecule has 0 unspecified atom stereocenters. The second-order valence-corrected chi connectivity index (χ2v) is 8.30. The average molecular weight is 436 g/mol. The molecule has 1 saturated heterocycles. The molecule has 4 aromatic rings. The van der Waals surface area contributed by atoms with E-state index in [4.69, 9.17) is 27.7 Å². The van der Waals surface area contributed by atoms with Crippen molar-refractivity contribution in [1.82, 2.24) is 15.0 Å². The van der Waals surface area contributed by atoms with Gasteiger partial charge in [0.05, 0.1) is 16.6 Å². The molecule has 1 aliphatic rings. The zero-order valence-corrected chi connectivity index (χ0v) is 17.6. The van der Waals surface area contributed by atoms with Gasteiger partial charge in [-0.3, -0.25) is 4.90 Å². The third-order valence-electron chi connectivity index (χ3n) is 5.47. The number of rotatable bonds is 5. The number of benzene rings is 3. The largest absolute Gasteiger partial charge is 0.334 e. The van der Waals surface area contributed by atoms with Crippen LogP contribution < -0.4 is 0 Å². The smallest absolute Gasteiger partial charge is 0.259 e. The lowest BCUT2D eigenvalue weighted by Gasteiger charge is -2.43. The number of likely N-dealkylation sites (tertiary alicyclic amines) is 1. The summed E-state index contributed by atoms with van der Waals surface area (Å²) < 4.78 is 5.49. The normalized spacial score (nSPS) is 14.8. The number of halogens is 2. The molecule has 4 nitrogen and oxygen atoms in total.